The predicted molar refractivity (Wildman–Crippen MR) is 74.9 cm³/mol. The Morgan fingerprint density at radius 1 is 1.25 bits per heavy atom. The van der Waals surface area contributed by atoms with Crippen LogP contribution in [0.5, 0.6) is 17.2 Å². The summed E-state index contributed by atoms with van der Waals surface area (Å²) >= 11 is 0. The summed E-state index contributed by atoms with van der Waals surface area (Å²) in [4.78, 5) is 2.66. The Morgan fingerprint density at radius 3 is 2.30 bits per heavy atom. The molecule has 0 aromatic heterocycles. The van der Waals surface area contributed by atoms with Crippen LogP contribution in [0.15, 0.2) is 17.0 Å². The summed E-state index contributed by atoms with van der Waals surface area (Å²) in [5, 5.41) is 9.84. The Kier molecular flexibility index (Phi) is 5.22. The van der Waals surface area contributed by atoms with Crippen molar-refractivity contribution in [1.29, 1.82) is 0 Å². The van der Waals surface area contributed by atoms with Crippen molar-refractivity contribution in [2.45, 2.75) is 4.90 Å². The van der Waals surface area contributed by atoms with E-state index < -0.39 is 10.8 Å². The van der Waals surface area contributed by atoms with Crippen molar-refractivity contribution in [3.05, 3.63) is 12.1 Å². The maximum absolute atomic E-state index is 12.4. The molecule has 1 atom stereocenters. The van der Waals surface area contributed by atoms with E-state index in [0.29, 0.717) is 24.0 Å². The Labute approximate surface area is 120 Å². The number of morpholine rings is 1. The van der Waals surface area contributed by atoms with E-state index in [2.05, 4.69) is 4.90 Å². The van der Waals surface area contributed by atoms with Gasteiger partial charge in [0.15, 0.2) is 11.5 Å². The van der Waals surface area contributed by atoms with Gasteiger partial charge >= 0.3 is 0 Å². The Balaban J connectivity index is 2.16. The SMILES string of the molecule is COc1cc(S(=O)CN2CCOCC2)cc(OC)c1O. The predicted octanol–water partition coefficient (Wildman–Crippen LogP) is 0.807. The lowest BCUT2D eigenvalue weighted by atomic mass is 10.3. The van der Waals surface area contributed by atoms with E-state index in [1.54, 1.807) is 12.1 Å². The van der Waals surface area contributed by atoms with Gasteiger partial charge < -0.3 is 19.3 Å². The molecule has 0 radical (unpaired) electrons. The van der Waals surface area contributed by atoms with Gasteiger partial charge in [0, 0.05) is 30.1 Å². The summed E-state index contributed by atoms with van der Waals surface area (Å²) in [6.07, 6.45) is 0. The number of benzene rings is 1. The van der Waals surface area contributed by atoms with Gasteiger partial charge in [-0.3, -0.25) is 9.11 Å². The molecule has 1 unspecified atom stereocenters. The fourth-order valence-electron chi connectivity index (χ4n) is 1.97. The fourth-order valence-corrected chi connectivity index (χ4v) is 3.19. The van der Waals surface area contributed by atoms with Crippen LogP contribution in [0, 0.1) is 0 Å². The normalized spacial score (nSPS) is 17.7. The van der Waals surface area contributed by atoms with Gasteiger partial charge in [-0.15, -0.1) is 0 Å². The lowest BCUT2D eigenvalue weighted by molar-refractivity contribution is 0.0469. The first-order chi connectivity index (χ1) is 9.65. The molecule has 1 fully saturated rings. The molecule has 1 aliphatic heterocycles. The molecule has 0 bridgehead atoms. The maximum Gasteiger partial charge on any atom is 0.200 e. The monoisotopic (exact) mass is 301 g/mol. The molecule has 2 rings (SSSR count). The third-order valence-corrected chi connectivity index (χ3v) is 4.48. The summed E-state index contributed by atoms with van der Waals surface area (Å²) in [6, 6.07) is 3.16. The number of nitrogens with zero attached hydrogens (tertiary/aromatic N) is 1. The van der Waals surface area contributed by atoms with E-state index in [1.807, 2.05) is 0 Å². The summed E-state index contributed by atoms with van der Waals surface area (Å²) < 4.78 is 27.8. The number of hydrogen-bond acceptors (Lipinski definition) is 6. The zero-order valence-electron chi connectivity index (χ0n) is 11.6. The summed E-state index contributed by atoms with van der Waals surface area (Å²) in [5.41, 5.74) is 0. The minimum Gasteiger partial charge on any atom is -0.502 e. The van der Waals surface area contributed by atoms with Crippen LogP contribution in [0.1, 0.15) is 0 Å². The molecule has 1 heterocycles. The number of rotatable bonds is 5. The first-order valence-electron chi connectivity index (χ1n) is 6.29. The van der Waals surface area contributed by atoms with Crippen LogP contribution < -0.4 is 9.47 Å². The van der Waals surface area contributed by atoms with Crippen molar-refractivity contribution in [3.8, 4) is 17.2 Å². The first-order valence-corrected chi connectivity index (χ1v) is 7.61. The van der Waals surface area contributed by atoms with Crippen molar-refractivity contribution >= 4 is 10.8 Å². The van der Waals surface area contributed by atoms with Gasteiger partial charge in [-0.1, -0.05) is 0 Å². The highest BCUT2D eigenvalue weighted by Crippen LogP contribution is 2.38. The molecule has 7 heteroatoms. The van der Waals surface area contributed by atoms with Crippen LogP contribution >= 0.6 is 0 Å². The van der Waals surface area contributed by atoms with Crippen molar-refractivity contribution in [2.75, 3.05) is 46.4 Å². The lowest BCUT2D eigenvalue weighted by Crippen LogP contribution is -2.38. The molecule has 1 aromatic carbocycles. The summed E-state index contributed by atoms with van der Waals surface area (Å²) in [5.74, 6) is 0.868. The van der Waals surface area contributed by atoms with Crippen molar-refractivity contribution in [3.63, 3.8) is 0 Å². The molecule has 0 amide bonds. The minimum atomic E-state index is -1.21. The smallest absolute Gasteiger partial charge is 0.200 e. The molecular weight excluding hydrogens is 282 g/mol. The molecule has 1 N–H and O–H groups in total. The van der Waals surface area contributed by atoms with E-state index in [-0.39, 0.29) is 17.2 Å². The van der Waals surface area contributed by atoms with Crippen LogP contribution in [-0.4, -0.2) is 60.6 Å². The third kappa shape index (κ3) is 3.41. The number of hydrogen-bond donors (Lipinski definition) is 1. The van der Waals surface area contributed by atoms with Crippen LogP contribution in [0.3, 0.4) is 0 Å². The topological polar surface area (TPSA) is 68.2 Å². The summed E-state index contributed by atoms with van der Waals surface area (Å²) in [7, 11) is 1.68. The molecule has 6 nitrogen and oxygen atoms in total. The standard InChI is InChI=1S/C13H19NO5S/c1-17-11-7-10(8-12(18-2)13(11)15)20(16)9-14-3-5-19-6-4-14/h7-8,15H,3-6,9H2,1-2H3. The number of phenolic OH excluding ortho intramolecular Hbond substituents is 1. The zero-order chi connectivity index (χ0) is 14.5. The highest BCUT2D eigenvalue weighted by Gasteiger charge is 2.18. The zero-order valence-corrected chi connectivity index (χ0v) is 12.4. The van der Waals surface area contributed by atoms with E-state index in [1.165, 1.54) is 14.2 Å². The van der Waals surface area contributed by atoms with Gasteiger partial charge in [-0.25, -0.2) is 0 Å². The fraction of sp³-hybridized carbons (Fsp3) is 0.538. The highest BCUT2D eigenvalue weighted by atomic mass is 32.2. The van der Waals surface area contributed by atoms with Crippen molar-refractivity contribution < 1.29 is 23.5 Å². The Hall–Kier alpha value is -1.31. The maximum atomic E-state index is 12.4. The number of phenols is 1. The molecule has 1 aliphatic rings. The third-order valence-electron chi connectivity index (χ3n) is 3.12. The molecule has 1 aromatic rings. The Bertz CT molecular complexity index is 463. The van der Waals surface area contributed by atoms with Gasteiger partial charge in [0.2, 0.25) is 5.75 Å². The quantitative estimate of drug-likeness (QED) is 0.868. The average Bonchev–Trinajstić information content (AvgIpc) is 2.48. The largest absolute Gasteiger partial charge is 0.502 e. The first kappa shape index (κ1) is 15.1. The van der Waals surface area contributed by atoms with Gasteiger partial charge in [0.1, 0.15) is 0 Å². The molecule has 0 saturated carbocycles. The second-order valence-electron chi connectivity index (χ2n) is 4.38. The van der Waals surface area contributed by atoms with Gasteiger partial charge in [-0.05, 0) is 0 Å². The van der Waals surface area contributed by atoms with Crippen LogP contribution in [0.2, 0.25) is 0 Å². The van der Waals surface area contributed by atoms with E-state index >= 15 is 0 Å². The van der Waals surface area contributed by atoms with Crippen LogP contribution in [-0.2, 0) is 15.5 Å². The molecule has 0 spiro atoms. The van der Waals surface area contributed by atoms with Crippen LogP contribution in [0.25, 0.3) is 0 Å². The van der Waals surface area contributed by atoms with E-state index in [0.717, 1.165) is 13.1 Å². The molecule has 112 valence electrons. The van der Waals surface area contributed by atoms with Gasteiger partial charge in [0.05, 0.1) is 44.1 Å². The van der Waals surface area contributed by atoms with Gasteiger partial charge in [-0.2, -0.15) is 0 Å². The van der Waals surface area contributed by atoms with Crippen molar-refractivity contribution in [2.24, 2.45) is 0 Å². The lowest BCUT2D eigenvalue weighted by Gasteiger charge is -2.26. The van der Waals surface area contributed by atoms with Crippen molar-refractivity contribution in [1.82, 2.24) is 4.90 Å². The van der Waals surface area contributed by atoms with Crippen LogP contribution in [0.4, 0.5) is 0 Å². The number of methoxy groups -OCH3 is 2. The molecular formula is C13H19NO5S. The van der Waals surface area contributed by atoms with Gasteiger partial charge in [0.25, 0.3) is 0 Å². The number of ether oxygens (including phenoxy) is 3. The Morgan fingerprint density at radius 2 is 1.80 bits per heavy atom. The second kappa shape index (κ2) is 6.92. The molecule has 20 heavy (non-hydrogen) atoms. The minimum absolute atomic E-state index is 0.0814. The highest BCUT2D eigenvalue weighted by molar-refractivity contribution is 7.85. The van der Waals surface area contributed by atoms with E-state index in [4.69, 9.17) is 14.2 Å². The molecule has 0 aliphatic carbocycles. The molecule has 1 saturated heterocycles. The average molecular weight is 301 g/mol. The summed E-state index contributed by atoms with van der Waals surface area (Å²) in [6.45, 7) is 2.88. The number of aromatic hydroxyl groups is 1. The van der Waals surface area contributed by atoms with E-state index in [9.17, 15) is 9.32 Å². The second-order valence-corrected chi connectivity index (χ2v) is 5.80.